The molecule has 3 aromatic rings. The summed E-state index contributed by atoms with van der Waals surface area (Å²) in [5.74, 6) is 1.80. The van der Waals surface area contributed by atoms with E-state index in [0.717, 1.165) is 54.3 Å². The van der Waals surface area contributed by atoms with Gasteiger partial charge in [0.2, 0.25) is 5.91 Å². The zero-order chi connectivity index (χ0) is 21.6. The molecule has 0 radical (unpaired) electrons. The first kappa shape index (κ1) is 21.2. The molecule has 7 heteroatoms. The van der Waals surface area contributed by atoms with E-state index in [9.17, 15) is 4.79 Å². The van der Waals surface area contributed by atoms with E-state index in [-0.39, 0.29) is 11.9 Å². The number of benzene rings is 2. The molecule has 2 N–H and O–H groups in total. The summed E-state index contributed by atoms with van der Waals surface area (Å²) in [5, 5.41) is 11.5. The molecular weight excluding hydrogens is 412 g/mol. The number of aromatic amines is 1. The average molecular weight is 439 g/mol. The molecule has 31 heavy (non-hydrogen) atoms. The quantitative estimate of drug-likeness (QED) is 0.571. The van der Waals surface area contributed by atoms with Gasteiger partial charge in [0.25, 0.3) is 0 Å². The number of aryl methyl sites for hydroxylation is 1. The van der Waals surface area contributed by atoms with Gasteiger partial charge in [0.15, 0.2) is 5.82 Å². The number of ether oxygens (including phenoxy) is 1. The number of methoxy groups -OCH3 is 1. The van der Waals surface area contributed by atoms with Crippen LogP contribution in [0.2, 0.25) is 5.02 Å². The van der Waals surface area contributed by atoms with Crippen molar-refractivity contribution in [2.24, 2.45) is 0 Å². The Morgan fingerprint density at radius 1 is 1.26 bits per heavy atom. The summed E-state index contributed by atoms with van der Waals surface area (Å²) < 4.78 is 5.38. The Hall–Kier alpha value is -2.99. The van der Waals surface area contributed by atoms with E-state index in [1.807, 2.05) is 48.5 Å². The molecule has 6 nitrogen and oxygen atoms in total. The third kappa shape index (κ3) is 5.39. The normalized spacial score (nSPS) is 16.2. The van der Waals surface area contributed by atoms with Crippen molar-refractivity contribution in [2.75, 3.05) is 25.1 Å². The smallest absolute Gasteiger partial charge is 0.220 e. The maximum absolute atomic E-state index is 12.5. The highest BCUT2D eigenvalue weighted by Gasteiger charge is 2.23. The fourth-order valence-electron chi connectivity index (χ4n) is 4.01. The molecule has 1 saturated heterocycles. The molecule has 1 aliphatic rings. The molecule has 1 atom stereocenters. The van der Waals surface area contributed by atoms with Gasteiger partial charge >= 0.3 is 0 Å². The van der Waals surface area contributed by atoms with E-state index in [2.05, 4.69) is 26.5 Å². The van der Waals surface area contributed by atoms with Crippen molar-refractivity contribution in [3.8, 4) is 17.0 Å². The minimum absolute atomic E-state index is 0.0710. The van der Waals surface area contributed by atoms with Crippen LogP contribution in [0.25, 0.3) is 11.3 Å². The highest BCUT2D eigenvalue weighted by Crippen LogP contribution is 2.25. The molecule has 162 valence electrons. The minimum Gasteiger partial charge on any atom is -0.496 e. The number of nitrogens with zero attached hydrogens (tertiary/aromatic N) is 2. The van der Waals surface area contributed by atoms with Crippen LogP contribution in [0.1, 0.15) is 24.8 Å². The zero-order valence-electron chi connectivity index (χ0n) is 17.6. The number of hydrogen-bond donors (Lipinski definition) is 2. The number of carbonyl (C=O) groups is 1. The van der Waals surface area contributed by atoms with Gasteiger partial charge in [0, 0.05) is 36.6 Å². The molecule has 1 aromatic heterocycles. The van der Waals surface area contributed by atoms with Crippen LogP contribution in [0.3, 0.4) is 0 Å². The van der Waals surface area contributed by atoms with Crippen molar-refractivity contribution in [3.63, 3.8) is 0 Å². The third-order valence-corrected chi connectivity index (χ3v) is 5.90. The fraction of sp³-hybridized carbons (Fsp3) is 0.333. The van der Waals surface area contributed by atoms with Crippen LogP contribution in [0, 0.1) is 0 Å². The molecule has 0 unspecified atom stereocenters. The van der Waals surface area contributed by atoms with Crippen molar-refractivity contribution in [1.82, 2.24) is 15.5 Å². The summed E-state index contributed by atoms with van der Waals surface area (Å²) in [6.45, 7) is 1.68. The molecule has 2 aromatic carbocycles. The number of H-pyrrole nitrogens is 1. The monoisotopic (exact) mass is 438 g/mol. The third-order valence-electron chi connectivity index (χ3n) is 5.64. The summed E-state index contributed by atoms with van der Waals surface area (Å²) in [6, 6.07) is 17.7. The van der Waals surface area contributed by atoms with Gasteiger partial charge in [-0.3, -0.25) is 9.89 Å². The van der Waals surface area contributed by atoms with Crippen LogP contribution >= 0.6 is 11.6 Å². The van der Waals surface area contributed by atoms with E-state index in [0.29, 0.717) is 17.9 Å². The van der Waals surface area contributed by atoms with Gasteiger partial charge in [0.1, 0.15) is 5.75 Å². The second-order valence-corrected chi connectivity index (χ2v) is 8.25. The van der Waals surface area contributed by atoms with E-state index in [4.69, 9.17) is 16.3 Å². The van der Waals surface area contributed by atoms with Crippen LogP contribution < -0.4 is 15.0 Å². The number of piperidine rings is 1. The molecule has 0 spiro atoms. The number of amides is 1. The number of hydrogen-bond acceptors (Lipinski definition) is 4. The maximum Gasteiger partial charge on any atom is 0.220 e. The Morgan fingerprint density at radius 3 is 2.87 bits per heavy atom. The lowest BCUT2D eigenvalue weighted by molar-refractivity contribution is -0.121. The summed E-state index contributed by atoms with van der Waals surface area (Å²) in [7, 11) is 1.66. The Morgan fingerprint density at radius 2 is 2.06 bits per heavy atom. The summed E-state index contributed by atoms with van der Waals surface area (Å²) in [6.07, 6.45) is 3.10. The van der Waals surface area contributed by atoms with E-state index < -0.39 is 0 Å². The number of rotatable bonds is 7. The molecule has 2 heterocycles. The van der Waals surface area contributed by atoms with Crippen LogP contribution in [0.5, 0.6) is 5.75 Å². The Kier molecular flexibility index (Phi) is 6.77. The second-order valence-electron chi connectivity index (χ2n) is 7.81. The lowest BCUT2D eigenvalue weighted by Gasteiger charge is -2.33. The zero-order valence-corrected chi connectivity index (χ0v) is 18.4. The van der Waals surface area contributed by atoms with Crippen LogP contribution in [0.4, 0.5) is 5.82 Å². The molecule has 1 aliphatic heterocycles. The van der Waals surface area contributed by atoms with Crippen LogP contribution in [-0.4, -0.2) is 42.3 Å². The maximum atomic E-state index is 12.5. The van der Waals surface area contributed by atoms with Crippen molar-refractivity contribution >= 4 is 23.3 Å². The van der Waals surface area contributed by atoms with Crippen molar-refractivity contribution in [3.05, 3.63) is 65.2 Å². The lowest BCUT2D eigenvalue weighted by atomic mass is 10.0. The number of carbonyl (C=O) groups excluding carboxylic acids is 1. The first-order valence-corrected chi connectivity index (χ1v) is 11.0. The van der Waals surface area contributed by atoms with Gasteiger partial charge < -0.3 is 15.0 Å². The van der Waals surface area contributed by atoms with Gasteiger partial charge in [-0.2, -0.15) is 5.10 Å². The predicted molar refractivity (Wildman–Crippen MR) is 124 cm³/mol. The second kappa shape index (κ2) is 9.88. The molecule has 0 bridgehead atoms. The molecule has 0 saturated carbocycles. The average Bonchev–Trinajstić information content (AvgIpc) is 3.29. The minimum atomic E-state index is 0.0710. The number of anilines is 1. The number of aromatic nitrogens is 2. The molecular formula is C24H27ClN4O2. The Balaban J connectivity index is 1.32. The summed E-state index contributed by atoms with van der Waals surface area (Å²) >= 11 is 5.98. The Labute approximate surface area is 187 Å². The van der Waals surface area contributed by atoms with Crippen LogP contribution in [0.15, 0.2) is 54.6 Å². The SMILES string of the molecule is COc1ccccc1CCC(=O)N[C@H]1CCCN(c2cc(-c3ccc(Cl)cc3)[nH]n2)C1. The number of nitrogens with one attached hydrogen (secondary N) is 2. The number of para-hydroxylation sites is 1. The van der Waals surface area contributed by atoms with Crippen LogP contribution in [-0.2, 0) is 11.2 Å². The van der Waals surface area contributed by atoms with Gasteiger partial charge in [-0.1, -0.05) is 41.9 Å². The molecule has 4 rings (SSSR count). The van der Waals surface area contributed by atoms with Gasteiger partial charge in [-0.15, -0.1) is 0 Å². The van der Waals surface area contributed by atoms with Gasteiger partial charge in [-0.25, -0.2) is 0 Å². The Bertz CT molecular complexity index is 1020. The van der Waals surface area contributed by atoms with E-state index in [1.165, 1.54) is 0 Å². The summed E-state index contributed by atoms with van der Waals surface area (Å²) in [5.41, 5.74) is 3.05. The standard InChI is InChI=1S/C24H27ClN4O2/c1-31-22-7-3-2-5-18(22)10-13-24(30)26-20-6-4-14-29(16-20)23-15-21(27-28-23)17-8-11-19(25)12-9-17/h2-3,5,7-9,11-12,15,20H,4,6,10,13-14,16H2,1H3,(H,26,30)(H,27,28)/t20-/m0/s1. The first-order valence-electron chi connectivity index (χ1n) is 10.6. The predicted octanol–water partition coefficient (Wildman–Crippen LogP) is 4.46. The van der Waals surface area contributed by atoms with Crippen molar-refractivity contribution < 1.29 is 9.53 Å². The lowest BCUT2D eigenvalue weighted by Crippen LogP contribution is -2.48. The first-order chi connectivity index (χ1) is 15.1. The topological polar surface area (TPSA) is 70.2 Å². The van der Waals surface area contributed by atoms with Gasteiger partial charge in [-0.05, 0) is 48.6 Å². The summed E-state index contributed by atoms with van der Waals surface area (Å²) in [4.78, 5) is 14.8. The largest absolute Gasteiger partial charge is 0.496 e. The van der Waals surface area contributed by atoms with Crippen molar-refractivity contribution in [1.29, 1.82) is 0 Å². The van der Waals surface area contributed by atoms with Crippen molar-refractivity contribution in [2.45, 2.75) is 31.7 Å². The molecule has 0 aliphatic carbocycles. The molecule has 1 amide bonds. The van der Waals surface area contributed by atoms with E-state index in [1.54, 1.807) is 7.11 Å². The van der Waals surface area contributed by atoms with Gasteiger partial charge in [0.05, 0.1) is 12.8 Å². The number of halogens is 1. The van der Waals surface area contributed by atoms with E-state index >= 15 is 0 Å². The fourth-order valence-corrected chi connectivity index (χ4v) is 4.14. The molecule has 1 fully saturated rings. The highest BCUT2D eigenvalue weighted by atomic mass is 35.5. The highest BCUT2D eigenvalue weighted by molar-refractivity contribution is 6.30.